The lowest BCUT2D eigenvalue weighted by Gasteiger charge is -2.07. The molecule has 120 valence electrons. The Labute approximate surface area is 137 Å². The number of hydrogen-bond acceptors (Lipinski definition) is 5. The van der Waals surface area contributed by atoms with E-state index in [1.54, 1.807) is 36.4 Å². The van der Waals surface area contributed by atoms with Crippen LogP contribution in [0.4, 0.5) is 4.39 Å². The van der Waals surface area contributed by atoms with E-state index >= 15 is 0 Å². The predicted octanol–water partition coefficient (Wildman–Crippen LogP) is 3.86. The Morgan fingerprint density at radius 2 is 1.58 bits per heavy atom. The van der Waals surface area contributed by atoms with Crippen LogP contribution in [0.1, 0.15) is 10.5 Å². The molecule has 0 aliphatic rings. The molecule has 0 amide bonds. The molecule has 3 aromatic rings. The van der Waals surface area contributed by atoms with Crippen molar-refractivity contribution in [1.29, 1.82) is 0 Å². The van der Waals surface area contributed by atoms with Crippen LogP contribution >= 0.6 is 0 Å². The van der Waals surface area contributed by atoms with Gasteiger partial charge in [0.15, 0.2) is 11.5 Å². The van der Waals surface area contributed by atoms with E-state index < -0.39 is 5.97 Å². The summed E-state index contributed by atoms with van der Waals surface area (Å²) >= 11 is 0. The quantitative estimate of drug-likeness (QED) is 0.682. The van der Waals surface area contributed by atoms with Crippen molar-refractivity contribution in [3.8, 4) is 22.9 Å². The van der Waals surface area contributed by atoms with Crippen LogP contribution in [0, 0.1) is 5.82 Å². The van der Waals surface area contributed by atoms with Crippen LogP contribution < -0.4 is 4.74 Å². The molecule has 0 radical (unpaired) electrons. The molecule has 1 aromatic heterocycles. The molecular weight excluding hydrogens is 311 g/mol. The third-order valence-corrected chi connectivity index (χ3v) is 3.21. The number of carbonyl (C=O) groups is 1. The second-order valence-corrected chi connectivity index (χ2v) is 4.84. The van der Waals surface area contributed by atoms with Crippen molar-refractivity contribution in [2.24, 2.45) is 0 Å². The lowest BCUT2D eigenvalue weighted by molar-refractivity contribution is 0.0594. The van der Waals surface area contributed by atoms with Gasteiger partial charge in [0.1, 0.15) is 17.3 Å². The predicted molar refractivity (Wildman–Crippen MR) is 85.3 cm³/mol. The molecule has 6 heteroatoms. The van der Waals surface area contributed by atoms with Crippen molar-refractivity contribution < 1.29 is 18.7 Å². The van der Waals surface area contributed by atoms with Crippen LogP contribution in [-0.4, -0.2) is 23.0 Å². The Hall–Kier alpha value is -3.28. The molecule has 0 N–H and O–H groups in total. The lowest BCUT2D eigenvalue weighted by Crippen LogP contribution is -2.05. The average Bonchev–Trinajstić information content (AvgIpc) is 2.64. The standard InChI is InChI=1S/C18H13FN2O3/c1-23-18(22)16-10-11-20-17(21-16)12-2-6-14(7-3-12)24-15-8-4-13(19)5-9-15/h2-11H,1H3. The first-order valence-corrected chi connectivity index (χ1v) is 7.11. The Balaban J connectivity index is 1.79. The summed E-state index contributed by atoms with van der Waals surface area (Å²) in [6.45, 7) is 0. The number of carbonyl (C=O) groups excluding carboxylic acids is 1. The number of halogens is 1. The molecule has 2 aromatic carbocycles. The topological polar surface area (TPSA) is 61.3 Å². The smallest absolute Gasteiger partial charge is 0.356 e. The molecule has 5 nitrogen and oxygen atoms in total. The Morgan fingerprint density at radius 3 is 2.21 bits per heavy atom. The fraction of sp³-hybridized carbons (Fsp3) is 0.0556. The van der Waals surface area contributed by atoms with Crippen LogP contribution in [-0.2, 0) is 4.74 Å². The molecule has 0 bridgehead atoms. The normalized spacial score (nSPS) is 10.2. The van der Waals surface area contributed by atoms with Gasteiger partial charge in [-0.15, -0.1) is 0 Å². The molecule has 0 saturated carbocycles. The van der Waals surface area contributed by atoms with E-state index in [2.05, 4.69) is 14.7 Å². The monoisotopic (exact) mass is 324 g/mol. The van der Waals surface area contributed by atoms with Gasteiger partial charge in [-0.25, -0.2) is 19.2 Å². The van der Waals surface area contributed by atoms with Crippen LogP contribution in [0.5, 0.6) is 11.5 Å². The Bertz CT molecular complexity index is 849. The highest BCUT2D eigenvalue weighted by Gasteiger charge is 2.10. The van der Waals surface area contributed by atoms with Crippen molar-refractivity contribution in [2.75, 3.05) is 7.11 Å². The molecule has 0 spiro atoms. The molecule has 0 aliphatic heterocycles. The summed E-state index contributed by atoms with van der Waals surface area (Å²) in [4.78, 5) is 19.8. The summed E-state index contributed by atoms with van der Waals surface area (Å²) in [7, 11) is 1.30. The number of ether oxygens (including phenoxy) is 2. The third kappa shape index (κ3) is 3.55. The minimum Gasteiger partial charge on any atom is -0.464 e. The summed E-state index contributed by atoms with van der Waals surface area (Å²) in [5.74, 6) is 0.698. The summed E-state index contributed by atoms with van der Waals surface area (Å²) in [5.41, 5.74) is 0.918. The molecule has 24 heavy (non-hydrogen) atoms. The zero-order valence-corrected chi connectivity index (χ0v) is 12.8. The molecule has 3 rings (SSSR count). The van der Waals surface area contributed by atoms with Crippen molar-refractivity contribution in [2.45, 2.75) is 0 Å². The molecule has 0 aliphatic carbocycles. The van der Waals surface area contributed by atoms with E-state index in [0.29, 0.717) is 17.3 Å². The minimum absolute atomic E-state index is 0.189. The van der Waals surface area contributed by atoms with Gasteiger partial charge in [0.2, 0.25) is 0 Å². The van der Waals surface area contributed by atoms with Crippen LogP contribution in [0.15, 0.2) is 60.8 Å². The first kappa shape index (κ1) is 15.6. The summed E-state index contributed by atoms with van der Waals surface area (Å²) in [6, 6.07) is 14.3. The highest BCUT2D eigenvalue weighted by atomic mass is 19.1. The number of nitrogens with zero attached hydrogens (tertiary/aromatic N) is 2. The number of methoxy groups -OCH3 is 1. The number of benzene rings is 2. The van der Waals surface area contributed by atoms with E-state index in [1.165, 1.54) is 31.5 Å². The maximum absolute atomic E-state index is 12.9. The highest BCUT2D eigenvalue weighted by molar-refractivity contribution is 5.87. The van der Waals surface area contributed by atoms with Gasteiger partial charge in [0.05, 0.1) is 7.11 Å². The third-order valence-electron chi connectivity index (χ3n) is 3.21. The SMILES string of the molecule is COC(=O)c1ccnc(-c2ccc(Oc3ccc(F)cc3)cc2)n1. The molecule has 0 fully saturated rings. The van der Waals surface area contributed by atoms with E-state index in [1.807, 2.05) is 0 Å². The van der Waals surface area contributed by atoms with Gasteiger partial charge in [-0.2, -0.15) is 0 Å². The maximum Gasteiger partial charge on any atom is 0.356 e. The number of rotatable bonds is 4. The second kappa shape index (κ2) is 6.87. The van der Waals surface area contributed by atoms with E-state index in [-0.39, 0.29) is 11.5 Å². The van der Waals surface area contributed by atoms with E-state index in [9.17, 15) is 9.18 Å². The minimum atomic E-state index is -0.519. The first-order valence-electron chi connectivity index (χ1n) is 7.11. The molecule has 1 heterocycles. The second-order valence-electron chi connectivity index (χ2n) is 4.84. The summed E-state index contributed by atoms with van der Waals surface area (Å²) in [6.07, 6.45) is 1.50. The van der Waals surface area contributed by atoms with E-state index in [0.717, 1.165) is 5.56 Å². The zero-order valence-electron chi connectivity index (χ0n) is 12.8. The van der Waals surface area contributed by atoms with Gasteiger partial charge in [-0.3, -0.25) is 0 Å². The van der Waals surface area contributed by atoms with Crippen molar-refractivity contribution in [3.63, 3.8) is 0 Å². The maximum atomic E-state index is 12.9. The average molecular weight is 324 g/mol. The largest absolute Gasteiger partial charge is 0.464 e. The Morgan fingerprint density at radius 1 is 0.958 bits per heavy atom. The van der Waals surface area contributed by atoms with Gasteiger partial charge >= 0.3 is 5.97 Å². The number of hydrogen-bond donors (Lipinski definition) is 0. The molecule has 0 unspecified atom stereocenters. The fourth-order valence-corrected chi connectivity index (χ4v) is 2.03. The van der Waals surface area contributed by atoms with Gasteiger partial charge in [-0.1, -0.05) is 0 Å². The van der Waals surface area contributed by atoms with Crippen LogP contribution in [0.25, 0.3) is 11.4 Å². The lowest BCUT2D eigenvalue weighted by atomic mass is 10.2. The van der Waals surface area contributed by atoms with Gasteiger partial charge < -0.3 is 9.47 Å². The van der Waals surface area contributed by atoms with Crippen molar-refractivity contribution in [1.82, 2.24) is 9.97 Å². The first-order chi connectivity index (χ1) is 11.7. The molecule has 0 atom stereocenters. The number of esters is 1. The number of aromatic nitrogens is 2. The Kier molecular flexibility index (Phi) is 4.47. The molecule has 0 saturated heterocycles. The highest BCUT2D eigenvalue weighted by Crippen LogP contribution is 2.24. The summed E-state index contributed by atoms with van der Waals surface area (Å²) < 4.78 is 23.1. The zero-order chi connectivity index (χ0) is 16.9. The van der Waals surface area contributed by atoms with Gasteiger partial charge in [0.25, 0.3) is 0 Å². The van der Waals surface area contributed by atoms with Crippen molar-refractivity contribution >= 4 is 5.97 Å². The van der Waals surface area contributed by atoms with Crippen LogP contribution in [0.3, 0.4) is 0 Å². The molecular formula is C18H13FN2O3. The van der Waals surface area contributed by atoms with Gasteiger partial charge in [-0.05, 0) is 54.6 Å². The van der Waals surface area contributed by atoms with E-state index in [4.69, 9.17) is 4.74 Å². The summed E-state index contributed by atoms with van der Waals surface area (Å²) in [5, 5.41) is 0. The van der Waals surface area contributed by atoms with Crippen molar-refractivity contribution in [3.05, 3.63) is 72.3 Å². The van der Waals surface area contributed by atoms with Gasteiger partial charge in [0, 0.05) is 11.8 Å². The fourth-order valence-electron chi connectivity index (χ4n) is 2.03. The van der Waals surface area contributed by atoms with Crippen LogP contribution in [0.2, 0.25) is 0 Å².